The number of amides is 1. The topological polar surface area (TPSA) is 72.4 Å². The molecule has 4 nitrogen and oxygen atoms in total. The van der Waals surface area contributed by atoms with E-state index in [1.54, 1.807) is 0 Å². The monoisotopic (exact) mass is 197 g/mol. The van der Waals surface area contributed by atoms with Crippen molar-refractivity contribution in [3.8, 4) is 0 Å². The molecule has 2 rings (SSSR count). The first-order valence-corrected chi connectivity index (χ1v) is 5.47. The quantitative estimate of drug-likeness (QED) is 0.605. The number of hydrogen-bond donors (Lipinski definition) is 2. The summed E-state index contributed by atoms with van der Waals surface area (Å²) in [7, 11) is 0. The van der Waals surface area contributed by atoms with Crippen LogP contribution in [0.15, 0.2) is 0 Å². The van der Waals surface area contributed by atoms with Crippen LogP contribution in [-0.4, -0.2) is 36.0 Å². The summed E-state index contributed by atoms with van der Waals surface area (Å²) < 4.78 is 0. The molecule has 1 aliphatic carbocycles. The molecule has 0 atom stereocenters. The zero-order valence-electron chi connectivity index (χ0n) is 8.48. The SMILES string of the molecule is NC1CCC(C(=O)N2CC(N)C2)CC1. The van der Waals surface area contributed by atoms with E-state index in [-0.39, 0.29) is 12.0 Å². The normalized spacial score (nSPS) is 34.0. The summed E-state index contributed by atoms with van der Waals surface area (Å²) in [5.74, 6) is 0.529. The highest BCUT2D eigenvalue weighted by Crippen LogP contribution is 2.26. The van der Waals surface area contributed by atoms with E-state index in [0.29, 0.717) is 11.9 Å². The number of carbonyl (C=O) groups excluding carboxylic acids is 1. The lowest BCUT2D eigenvalue weighted by molar-refractivity contribution is -0.141. The molecular formula is C10H19N3O. The van der Waals surface area contributed by atoms with Crippen molar-refractivity contribution in [1.29, 1.82) is 0 Å². The molecule has 0 radical (unpaired) electrons. The third-order valence-electron chi connectivity index (χ3n) is 3.34. The molecule has 4 heteroatoms. The Kier molecular flexibility index (Phi) is 2.74. The van der Waals surface area contributed by atoms with Crippen molar-refractivity contribution in [2.75, 3.05) is 13.1 Å². The molecule has 1 amide bonds. The average molecular weight is 197 g/mol. The second kappa shape index (κ2) is 3.87. The number of hydrogen-bond acceptors (Lipinski definition) is 3. The Hall–Kier alpha value is -0.610. The Labute approximate surface area is 84.6 Å². The largest absolute Gasteiger partial charge is 0.339 e. The third kappa shape index (κ3) is 1.91. The van der Waals surface area contributed by atoms with Crippen LogP contribution in [0.2, 0.25) is 0 Å². The molecule has 1 aliphatic heterocycles. The summed E-state index contributed by atoms with van der Waals surface area (Å²) >= 11 is 0. The van der Waals surface area contributed by atoms with E-state index in [4.69, 9.17) is 11.5 Å². The number of likely N-dealkylation sites (tertiary alicyclic amines) is 1. The second-order valence-electron chi connectivity index (χ2n) is 4.62. The molecule has 0 spiro atoms. The smallest absolute Gasteiger partial charge is 0.225 e. The van der Waals surface area contributed by atoms with Gasteiger partial charge in [0.15, 0.2) is 0 Å². The predicted octanol–water partition coefficient (Wildman–Crippen LogP) is -0.327. The van der Waals surface area contributed by atoms with Crippen molar-refractivity contribution < 1.29 is 4.79 Å². The summed E-state index contributed by atoms with van der Waals surface area (Å²) in [4.78, 5) is 13.7. The lowest BCUT2D eigenvalue weighted by Crippen LogP contribution is -2.59. The van der Waals surface area contributed by atoms with Crippen LogP contribution in [-0.2, 0) is 4.79 Å². The van der Waals surface area contributed by atoms with Gasteiger partial charge in [0, 0.05) is 31.1 Å². The maximum absolute atomic E-state index is 11.9. The van der Waals surface area contributed by atoms with Gasteiger partial charge >= 0.3 is 0 Å². The Bertz CT molecular complexity index is 217. The number of nitrogens with two attached hydrogens (primary N) is 2. The van der Waals surface area contributed by atoms with Gasteiger partial charge in [-0.25, -0.2) is 0 Å². The van der Waals surface area contributed by atoms with Gasteiger partial charge < -0.3 is 16.4 Å². The van der Waals surface area contributed by atoms with Crippen LogP contribution >= 0.6 is 0 Å². The molecule has 80 valence electrons. The molecule has 0 aromatic heterocycles. The Morgan fingerprint density at radius 2 is 1.57 bits per heavy atom. The zero-order chi connectivity index (χ0) is 10.1. The highest BCUT2D eigenvalue weighted by Gasteiger charge is 2.33. The van der Waals surface area contributed by atoms with Crippen LogP contribution in [0.1, 0.15) is 25.7 Å². The van der Waals surface area contributed by atoms with Gasteiger partial charge in [0.05, 0.1) is 0 Å². The molecular weight excluding hydrogens is 178 g/mol. The first-order chi connectivity index (χ1) is 6.66. The fraction of sp³-hybridized carbons (Fsp3) is 0.900. The molecule has 1 saturated heterocycles. The molecule has 4 N–H and O–H groups in total. The van der Waals surface area contributed by atoms with Crippen LogP contribution in [0.4, 0.5) is 0 Å². The van der Waals surface area contributed by atoms with Gasteiger partial charge in [-0.05, 0) is 25.7 Å². The average Bonchev–Trinajstić information content (AvgIpc) is 2.13. The van der Waals surface area contributed by atoms with E-state index in [1.807, 2.05) is 4.90 Å². The Morgan fingerprint density at radius 3 is 2.07 bits per heavy atom. The zero-order valence-corrected chi connectivity index (χ0v) is 8.48. The standard InChI is InChI=1S/C10H19N3O/c11-8-3-1-7(2-4-8)10(14)13-5-9(12)6-13/h7-9H,1-6,11-12H2. The van der Waals surface area contributed by atoms with Crippen LogP contribution < -0.4 is 11.5 Å². The molecule has 2 fully saturated rings. The molecule has 1 saturated carbocycles. The fourth-order valence-corrected chi connectivity index (χ4v) is 2.32. The number of carbonyl (C=O) groups is 1. The van der Waals surface area contributed by atoms with E-state index < -0.39 is 0 Å². The maximum atomic E-state index is 11.9. The van der Waals surface area contributed by atoms with E-state index in [0.717, 1.165) is 38.8 Å². The predicted molar refractivity (Wildman–Crippen MR) is 54.5 cm³/mol. The van der Waals surface area contributed by atoms with Gasteiger partial charge in [0.1, 0.15) is 0 Å². The molecule has 1 heterocycles. The Balaban J connectivity index is 1.81. The number of rotatable bonds is 1. The molecule has 2 aliphatic rings. The highest BCUT2D eigenvalue weighted by atomic mass is 16.2. The van der Waals surface area contributed by atoms with Gasteiger partial charge in [0.25, 0.3) is 0 Å². The summed E-state index contributed by atoms with van der Waals surface area (Å²) in [6.45, 7) is 1.50. The van der Waals surface area contributed by atoms with Gasteiger partial charge in [-0.3, -0.25) is 4.79 Å². The fourth-order valence-electron chi connectivity index (χ4n) is 2.32. The van der Waals surface area contributed by atoms with Crippen LogP contribution in [0.5, 0.6) is 0 Å². The van der Waals surface area contributed by atoms with Crippen molar-refractivity contribution in [2.45, 2.75) is 37.8 Å². The number of nitrogens with zero attached hydrogens (tertiary/aromatic N) is 1. The van der Waals surface area contributed by atoms with Gasteiger partial charge in [0.2, 0.25) is 5.91 Å². The molecule has 0 unspecified atom stereocenters. The van der Waals surface area contributed by atoms with E-state index in [1.165, 1.54) is 0 Å². The highest BCUT2D eigenvalue weighted by molar-refractivity contribution is 5.79. The van der Waals surface area contributed by atoms with Gasteiger partial charge in [-0.1, -0.05) is 0 Å². The minimum Gasteiger partial charge on any atom is -0.339 e. The van der Waals surface area contributed by atoms with Crippen molar-refractivity contribution in [1.82, 2.24) is 4.90 Å². The van der Waals surface area contributed by atoms with Crippen molar-refractivity contribution in [3.05, 3.63) is 0 Å². The van der Waals surface area contributed by atoms with Crippen LogP contribution in [0.3, 0.4) is 0 Å². The van der Waals surface area contributed by atoms with Crippen molar-refractivity contribution in [3.63, 3.8) is 0 Å². The van der Waals surface area contributed by atoms with Crippen LogP contribution in [0.25, 0.3) is 0 Å². The first kappa shape index (κ1) is 9.93. The summed E-state index contributed by atoms with van der Waals surface area (Å²) in [6, 6.07) is 0.530. The molecule has 0 aromatic rings. The summed E-state index contributed by atoms with van der Waals surface area (Å²) in [5, 5.41) is 0. The molecule has 0 aromatic carbocycles. The molecule has 0 bridgehead atoms. The van der Waals surface area contributed by atoms with E-state index in [9.17, 15) is 4.79 Å². The van der Waals surface area contributed by atoms with Gasteiger partial charge in [-0.15, -0.1) is 0 Å². The summed E-state index contributed by atoms with van der Waals surface area (Å²) in [5.41, 5.74) is 11.4. The van der Waals surface area contributed by atoms with Crippen molar-refractivity contribution in [2.24, 2.45) is 17.4 Å². The first-order valence-electron chi connectivity index (χ1n) is 5.47. The van der Waals surface area contributed by atoms with Crippen molar-refractivity contribution >= 4 is 5.91 Å². The second-order valence-corrected chi connectivity index (χ2v) is 4.62. The minimum atomic E-state index is 0.213. The lowest BCUT2D eigenvalue weighted by Gasteiger charge is -2.40. The summed E-state index contributed by atoms with van der Waals surface area (Å²) in [6.07, 6.45) is 3.92. The molecule has 14 heavy (non-hydrogen) atoms. The van der Waals surface area contributed by atoms with E-state index in [2.05, 4.69) is 0 Å². The van der Waals surface area contributed by atoms with Gasteiger partial charge in [-0.2, -0.15) is 0 Å². The minimum absolute atomic E-state index is 0.213. The van der Waals surface area contributed by atoms with Crippen LogP contribution in [0, 0.1) is 5.92 Å². The van der Waals surface area contributed by atoms with E-state index >= 15 is 0 Å². The maximum Gasteiger partial charge on any atom is 0.225 e. The lowest BCUT2D eigenvalue weighted by atomic mass is 9.85. The Morgan fingerprint density at radius 1 is 1.00 bits per heavy atom. The third-order valence-corrected chi connectivity index (χ3v) is 3.34.